The summed E-state index contributed by atoms with van der Waals surface area (Å²) in [5.41, 5.74) is -0.429. The maximum absolute atomic E-state index is 13.5. The summed E-state index contributed by atoms with van der Waals surface area (Å²) in [5.74, 6) is 0.103. The average Bonchev–Trinajstić information content (AvgIpc) is 2.45. The third kappa shape index (κ3) is 3.80. The van der Waals surface area contributed by atoms with Gasteiger partial charge in [-0.3, -0.25) is 0 Å². The van der Waals surface area contributed by atoms with Crippen molar-refractivity contribution in [2.45, 2.75) is 37.5 Å². The Morgan fingerprint density at radius 2 is 2.19 bits per heavy atom. The monoisotopic (exact) mass is 310 g/mol. The minimum absolute atomic E-state index is 0.283. The quantitative estimate of drug-likeness (QED) is 0.929. The predicted octanol–water partition coefficient (Wildman–Crippen LogP) is 2.80. The van der Waals surface area contributed by atoms with E-state index in [1.54, 1.807) is 6.07 Å². The van der Waals surface area contributed by atoms with Crippen LogP contribution in [0.3, 0.4) is 0 Å². The first kappa shape index (κ1) is 15.9. The Kier molecular flexibility index (Phi) is 4.96. The lowest BCUT2D eigenvalue weighted by atomic mass is 9.83. The Balaban J connectivity index is 2.12. The molecule has 0 bridgehead atoms. The van der Waals surface area contributed by atoms with Gasteiger partial charge in [-0.2, -0.15) is 5.26 Å². The van der Waals surface area contributed by atoms with E-state index in [0.717, 1.165) is 25.3 Å². The maximum Gasteiger partial charge on any atom is 0.242 e. The third-order valence-electron chi connectivity index (χ3n) is 3.98. The number of nitriles is 1. The summed E-state index contributed by atoms with van der Waals surface area (Å²) in [6.45, 7) is 2.51. The zero-order valence-corrected chi connectivity index (χ0v) is 12.8. The van der Waals surface area contributed by atoms with Crippen molar-refractivity contribution < 1.29 is 12.8 Å². The molecule has 114 valence electrons. The van der Waals surface area contributed by atoms with Gasteiger partial charge < -0.3 is 0 Å². The van der Waals surface area contributed by atoms with Crippen molar-refractivity contribution in [3.63, 3.8) is 0 Å². The SMILES string of the molecule is CC1CCCC(CNS(=O)(=O)c2cccc(F)c2C#N)C1. The summed E-state index contributed by atoms with van der Waals surface area (Å²) in [7, 11) is -3.85. The van der Waals surface area contributed by atoms with Crippen molar-refractivity contribution in [2.24, 2.45) is 11.8 Å². The minimum atomic E-state index is -3.85. The van der Waals surface area contributed by atoms with E-state index in [2.05, 4.69) is 11.6 Å². The lowest BCUT2D eigenvalue weighted by Crippen LogP contribution is -2.32. The number of nitrogens with one attached hydrogen (secondary N) is 1. The summed E-state index contributed by atoms with van der Waals surface area (Å²) in [5, 5.41) is 8.93. The van der Waals surface area contributed by atoms with E-state index in [-0.39, 0.29) is 4.90 Å². The summed E-state index contributed by atoms with van der Waals surface area (Å²) in [6, 6.07) is 5.26. The Labute approximate surface area is 125 Å². The van der Waals surface area contributed by atoms with Crippen LogP contribution in [-0.4, -0.2) is 15.0 Å². The molecule has 2 atom stereocenters. The van der Waals surface area contributed by atoms with Gasteiger partial charge in [0, 0.05) is 6.54 Å². The zero-order chi connectivity index (χ0) is 15.5. The molecule has 2 unspecified atom stereocenters. The van der Waals surface area contributed by atoms with Crippen molar-refractivity contribution in [3.05, 3.63) is 29.6 Å². The number of hydrogen-bond donors (Lipinski definition) is 1. The molecule has 1 aliphatic rings. The first-order valence-electron chi connectivity index (χ1n) is 7.12. The highest BCUT2D eigenvalue weighted by Gasteiger charge is 2.24. The van der Waals surface area contributed by atoms with Gasteiger partial charge in [0.25, 0.3) is 0 Å². The molecule has 0 aromatic heterocycles. The molecule has 0 heterocycles. The Morgan fingerprint density at radius 3 is 2.86 bits per heavy atom. The number of nitrogens with zero attached hydrogens (tertiary/aromatic N) is 1. The van der Waals surface area contributed by atoms with Gasteiger partial charge in [-0.25, -0.2) is 17.5 Å². The van der Waals surface area contributed by atoms with E-state index in [9.17, 15) is 12.8 Å². The molecule has 0 saturated heterocycles. The molecule has 0 spiro atoms. The molecule has 21 heavy (non-hydrogen) atoms. The van der Waals surface area contributed by atoms with Gasteiger partial charge in [-0.05, 0) is 36.8 Å². The van der Waals surface area contributed by atoms with E-state index in [4.69, 9.17) is 5.26 Å². The summed E-state index contributed by atoms with van der Waals surface area (Å²) < 4.78 is 40.6. The van der Waals surface area contributed by atoms with Crippen molar-refractivity contribution in [1.29, 1.82) is 5.26 Å². The number of sulfonamides is 1. The molecule has 6 heteroatoms. The Bertz CT molecular complexity index is 652. The molecule has 0 amide bonds. The molecule has 2 rings (SSSR count). The molecule has 1 aromatic carbocycles. The largest absolute Gasteiger partial charge is 0.242 e. The molecule has 1 N–H and O–H groups in total. The zero-order valence-electron chi connectivity index (χ0n) is 12.0. The number of rotatable bonds is 4. The van der Waals surface area contributed by atoms with Gasteiger partial charge in [0.2, 0.25) is 10.0 Å². The molecular weight excluding hydrogens is 291 g/mol. The fourth-order valence-corrected chi connectivity index (χ4v) is 4.17. The van der Waals surface area contributed by atoms with Crippen molar-refractivity contribution in [3.8, 4) is 6.07 Å². The third-order valence-corrected chi connectivity index (χ3v) is 5.45. The van der Waals surface area contributed by atoms with Crippen LogP contribution in [0.15, 0.2) is 23.1 Å². The molecule has 1 aromatic rings. The fraction of sp³-hybridized carbons (Fsp3) is 0.533. The van der Waals surface area contributed by atoms with E-state index in [0.29, 0.717) is 18.4 Å². The smallest absolute Gasteiger partial charge is 0.211 e. The van der Waals surface area contributed by atoms with Gasteiger partial charge in [0.15, 0.2) is 0 Å². The van der Waals surface area contributed by atoms with Crippen molar-refractivity contribution in [2.75, 3.05) is 6.54 Å². The second-order valence-corrected chi connectivity index (χ2v) is 7.45. The predicted molar refractivity (Wildman–Crippen MR) is 77.4 cm³/mol. The highest BCUT2D eigenvalue weighted by atomic mass is 32.2. The molecule has 1 saturated carbocycles. The topological polar surface area (TPSA) is 70.0 Å². The Morgan fingerprint density at radius 1 is 1.43 bits per heavy atom. The second kappa shape index (κ2) is 6.54. The van der Waals surface area contributed by atoms with Crippen LogP contribution in [0, 0.1) is 29.0 Å². The highest BCUT2D eigenvalue weighted by molar-refractivity contribution is 7.89. The van der Waals surface area contributed by atoms with Crippen LogP contribution in [0.2, 0.25) is 0 Å². The van der Waals surface area contributed by atoms with E-state index in [1.165, 1.54) is 18.6 Å². The van der Waals surface area contributed by atoms with Crippen LogP contribution in [0.4, 0.5) is 4.39 Å². The highest BCUT2D eigenvalue weighted by Crippen LogP contribution is 2.28. The van der Waals surface area contributed by atoms with E-state index < -0.39 is 21.4 Å². The van der Waals surface area contributed by atoms with Gasteiger partial charge in [-0.1, -0.05) is 25.8 Å². The lowest BCUT2D eigenvalue weighted by Gasteiger charge is -2.26. The molecule has 1 fully saturated rings. The van der Waals surface area contributed by atoms with Gasteiger partial charge in [0.05, 0.1) is 0 Å². The second-order valence-electron chi connectivity index (χ2n) is 5.71. The van der Waals surface area contributed by atoms with Crippen LogP contribution in [-0.2, 0) is 10.0 Å². The number of halogens is 1. The molecule has 4 nitrogen and oxygen atoms in total. The summed E-state index contributed by atoms with van der Waals surface area (Å²) >= 11 is 0. The maximum atomic E-state index is 13.5. The number of benzene rings is 1. The first-order valence-corrected chi connectivity index (χ1v) is 8.60. The summed E-state index contributed by atoms with van der Waals surface area (Å²) in [4.78, 5) is -0.283. The Hall–Kier alpha value is -1.45. The van der Waals surface area contributed by atoms with Crippen molar-refractivity contribution >= 4 is 10.0 Å². The normalized spacial score (nSPS) is 22.7. The van der Waals surface area contributed by atoms with Crippen LogP contribution in [0.1, 0.15) is 38.2 Å². The summed E-state index contributed by atoms with van der Waals surface area (Å²) in [6.07, 6.45) is 4.29. The van der Waals surface area contributed by atoms with Crippen LogP contribution >= 0.6 is 0 Å². The fourth-order valence-electron chi connectivity index (χ4n) is 2.89. The van der Waals surface area contributed by atoms with E-state index in [1.807, 2.05) is 0 Å². The van der Waals surface area contributed by atoms with Crippen LogP contribution < -0.4 is 4.72 Å². The van der Waals surface area contributed by atoms with Crippen LogP contribution in [0.25, 0.3) is 0 Å². The standard InChI is InChI=1S/C15H19FN2O2S/c1-11-4-2-5-12(8-11)10-18-21(19,20)15-7-3-6-14(16)13(15)9-17/h3,6-7,11-12,18H,2,4-5,8,10H2,1H3. The van der Waals surface area contributed by atoms with Gasteiger partial charge in [0.1, 0.15) is 22.3 Å². The molecule has 0 aliphatic heterocycles. The average molecular weight is 310 g/mol. The van der Waals surface area contributed by atoms with Crippen molar-refractivity contribution in [1.82, 2.24) is 4.72 Å². The molecular formula is C15H19FN2O2S. The van der Waals surface area contributed by atoms with E-state index >= 15 is 0 Å². The van der Waals surface area contributed by atoms with Gasteiger partial charge in [-0.15, -0.1) is 0 Å². The molecule has 0 radical (unpaired) electrons. The molecule has 1 aliphatic carbocycles. The first-order chi connectivity index (χ1) is 9.94. The van der Waals surface area contributed by atoms with Gasteiger partial charge >= 0.3 is 0 Å². The lowest BCUT2D eigenvalue weighted by molar-refractivity contribution is 0.283. The number of hydrogen-bond acceptors (Lipinski definition) is 3. The minimum Gasteiger partial charge on any atom is -0.211 e. The van der Waals surface area contributed by atoms with Crippen LogP contribution in [0.5, 0.6) is 0 Å².